The van der Waals surface area contributed by atoms with Crippen molar-refractivity contribution in [3.05, 3.63) is 17.3 Å². The summed E-state index contributed by atoms with van der Waals surface area (Å²) in [5.41, 5.74) is 2.82. The SMILES string of the molecule is Cc1cc(C)c(B2OC(C)(C)C(C)(C)O2)[nH]1. The van der Waals surface area contributed by atoms with Gasteiger partial charge >= 0.3 is 7.12 Å². The Hall–Kier alpha value is -0.735. The molecule has 0 radical (unpaired) electrons. The van der Waals surface area contributed by atoms with Crippen LogP contribution in [-0.4, -0.2) is 23.3 Å². The molecule has 1 aliphatic heterocycles. The Bertz CT molecular complexity index is 393. The van der Waals surface area contributed by atoms with Crippen LogP contribution in [0.5, 0.6) is 0 Å². The molecular weight excluding hydrogens is 201 g/mol. The van der Waals surface area contributed by atoms with Gasteiger partial charge in [-0.05, 0) is 53.2 Å². The Morgan fingerprint density at radius 1 is 1.06 bits per heavy atom. The molecule has 1 fully saturated rings. The number of H-pyrrole nitrogens is 1. The van der Waals surface area contributed by atoms with Gasteiger partial charge in [-0.3, -0.25) is 0 Å². The van der Waals surface area contributed by atoms with Gasteiger partial charge in [0.25, 0.3) is 0 Å². The van der Waals surface area contributed by atoms with Gasteiger partial charge < -0.3 is 14.3 Å². The topological polar surface area (TPSA) is 34.2 Å². The van der Waals surface area contributed by atoms with Crippen LogP contribution in [0.2, 0.25) is 0 Å². The second-order valence-corrected chi connectivity index (χ2v) is 5.64. The van der Waals surface area contributed by atoms with Crippen LogP contribution in [0.4, 0.5) is 0 Å². The number of aromatic amines is 1. The van der Waals surface area contributed by atoms with E-state index in [9.17, 15) is 0 Å². The predicted molar refractivity (Wildman–Crippen MR) is 66.0 cm³/mol. The fourth-order valence-corrected chi connectivity index (χ4v) is 1.96. The maximum absolute atomic E-state index is 5.99. The number of hydrogen-bond donors (Lipinski definition) is 1. The Balaban J connectivity index is 2.30. The summed E-state index contributed by atoms with van der Waals surface area (Å²) in [4.78, 5) is 3.31. The third-order valence-corrected chi connectivity index (χ3v) is 3.68. The van der Waals surface area contributed by atoms with Gasteiger partial charge in [-0.1, -0.05) is 0 Å². The molecule has 0 aromatic carbocycles. The van der Waals surface area contributed by atoms with Gasteiger partial charge in [0.1, 0.15) is 0 Å². The average Bonchev–Trinajstić information content (AvgIpc) is 2.51. The van der Waals surface area contributed by atoms with E-state index in [2.05, 4.69) is 45.7 Å². The lowest BCUT2D eigenvalue weighted by atomic mass is 9.82. The fourth-order valence-electron chi connectivity index (χ4n) is 1.96. The molecule has 2 rings (SSSR count). The summed E-state index contributed by atoms with van der Waals surface area (Å²) in [7, 11) is -0.279. The standard InChI is InChI=1S/C12H20BNO2/c1-8-7-9(2)14-10(8)13-15-11(3,4)12(5,6)16-13/h7,14H,1-6H3. The van der Waals surface area contributed by atoms with Gasteiger partial charge in [-0.2, -0.15) is 0 Å². The summed E-state index contributed by atoms with van der Waals surface area (Å²) in [6, 6.07) is 2.11. The third-order valence-electron chi connectivity index (χ3n) is 3.68. The van der Waals surface area contributed by atoms with Crippen molar-refractivity contribution >= 4 is 12.7 Å². The zero-order valence-electron chi connectivity index (χ0n) is 11.0. The van der Waals surface area contributed by atoms with E-state index < -0.39 is 0 Å². The van der Waals surface area contributed by atoms with Crippen molar-refractivity contribution in [3.63, 3.8) is 0 Å². The largest absolute Gasteiger partial charge is 0.512 e. The van der Waals surface area contributed by atoms with Crippen LogP contribution in [-0.2, 0) is 9.31 Å². The number of aromatic nitrogens is 1. The van der Waals surface area contributed by atoms with E-state index in [1.165, 1.54) is 5.56 Å². The zero-order valence-corrected chi connectivity index (χ0v) is 11.0. The summed E-state index contributed by atoms with van der Waals surface area (Å²) < 4.78 is 12.0. The van der Waals surface area contributed by atoms with Crippen molar-refractivity contribution in [2.75, 3.05) is 0 Å². The smallest absolute Gasteiger partial charge is 0.398 e. The summed E-state index contributed by atoms with van der Waals surface area (Å²) in [5, 5.41) is 0. The molecule has 1 aromatic rings. The van der Waals surface area contributed by atoms with Gasteiger partial charge in [-0.15, -0.1) is 0 Å². The highest BCUT2D eigenvalue weighted by atomic mass is 16.7. The molecule has 1 aliphatic rings. The quantitative estimate of drug-likeness (QED) is 0.735. The van der Waals surface area contributed by atoms with E-state index >= 15 is 0 Å². The van der Waals surface area contributed by atoms with E-state index in [1.807, 2.05) is 6.92 Å². The van der Waals surface area contributed by atoms with E-state index in [-0.39, 0.29) is 18.3 Å². The highest BCUT2D eigenvalue weighted by molar-refractivity contribution is 6.61. The molecule has 0 spiro atoms. The van der Waals surface area contributed by atoms with Crippen LogP contribution in [0.25, 0.3) is 0 Å². The first-order valence-corrected chi connectivity index (χ1v) is 5.75. The number of aryl methyl sites for hydroxylation is 2. The second kappa shape index (κ2) is 3.38. The summed E-state index contributed by atoms with van der Waals surface area (Å²) in [5.74, 6) is 0. The van der Waals surface area contributed by atoms with Crippen molar-refractivity contribution in [2.24, 2.45) is 0 Å². The van der Waals surface area contributed by atoms with Crippen LogP contribution < -0.4 is 5.59 Å². The maximum Gasteiger partial charge on any atom is 0.512 e. The highest BCUT2D eigenvalue weighted by Gasteiger charge is 2.52. The van der Waals surface area contributed by atoms with Crippen LogP contribution in [0.1, 0.15) is 39.0 Å². The minimum Gasteiger partial charge on any atom is -0.398 e. The van der Waals surface area contributed by atoms with Crippen molar-refractivity contribution < 1.29 is 9.31 Å². The van der Waals surface area contributed by atoms with Gasteiger partial charge in [0.05, 0.1) is 11.2 Å². The fraction of sp³-hybridized carbons (Fsp3) is 0.667. The molecule has 0 aliphatic carbocycles. The van der Waals surface area contributed by atoms with Crippen molar-refractivity contribution in [1.82, 2.24) is 4.98 Å². The molecule has 16 heavy (non-hydrogen) atoms. The first kappa shape index (κ1) is 11.7. The zero-order chi connectivity index (χ0) is 12.1. The van der Waals surface area contributed by atoms with Gasteiger partial charge in [0.2, 0.25) is 0 Å². The van der Waals surface area contributed by atoms with E-state index in [0.717, 1.165) is 11.3 Å². The molecule has 4 heteroatoms. The molecule has 0 bridgehead atoms. The normalized spacial score (nSPS) is 22.8. The Morgan fingerprint density at radius 3 is 1.94 bits per heavy atom. The van der Waals surface area contributed by atoms with Crippen molar-refractivity contribution in [3.8, 4) is 0 Å². The lowest BCUT2D eigenvalue weighted by Gasteiger charge is -2.32. The second-order valence-electron chi connectivity index (χ2n) is 5.64. The number of hydrogen-bond acceptors (Lipinski definition) is 2. The van der Waals surface area contributed by atoms with Crippen LogP contribution in [0.3, 0.4) is 0 Å². The van der Waals surface area contributed by atoms with Crippen molar-refractivity contribution in [1.29, 1.82) is 0 Å². The number of nitrogens with one attached hydrogen (secondary N) is 1. The van der Waals surface area contributed by atoms with Gasteiger partial charge in [-0.25, -0.2) is 0 Å². The monoisotopic (exact) mass is 221 g/mol. The predicted octanol–water partition coefficient (Wildman–Crippen LogP) is 1.93. The molecule has 3 nitrogen and oxygen atoms in total. The van der Waals surface area contributed by atoms with E-state index in [1.54, 1.807) is 0 Å². The molecule has 0 saturated carbocycles. The van der Waals surface area contributed by atoms with Gasteiger partial charge in [0, 0.05) is 11.3 Å². The molecule has 88 valence electrons. The molecule has 2 heterocycles. The van der Waals surface area contributed by atoms with E-state index in [4.69, 9.17) is 9.31 Å². The van der Waals surface area contributed by atoms with Crippen molar-refractivity contribution in [2.45, 2.75) is 52.7 Å². The van der Waals surface area contributed by atoms with Crippen LogP contribution in [0.15, 0.2) is 6.07 Å². The summed E-state index contributed by atoms with van der Waals surface area (Å²) >= 11 is 0. The summed E-state index contributed by atoms with van der Waals surface area (Å²) in [6.07, 6.45) is 0. The first-order chi connectivity index (χ1) is 7.23. The highest BCUT2D eigenvalue weighted by Crippen LogP contribution is 2.36. The molecule has 0 amide bonds. The molecule has 0 unspecified atom stereocenters. The van der Waals surface area contributed by atoms with Crippen LogP contribution in [0, 0.1) is 13.8 Å². The van der Waals surface area contributed by atoms with Crippen LogP contribution >= 0.6 is 0 Å². The molecule has 1 saturated heterocycles. The molecule has 0 atom stereocenters. The maximum atomic E-state index is 5.99. The van der Waals surface area contributed by atoms with E-state index in [0.29, 0.717) is 0 Å². The summed E-state index contributed by atoms with van der Waals surface area (Å²) in [6.45, 7) is 12.4. The molecule has 1 aromatic heterocycles. The average molecular weight is 221 g/mol. The van der Waals surface area contributed by atoms with Gasteiger partial charge in [0.15, 0.2) is 0 Å². The lowest BCUT2D eigenvalue weighted by molar-refractivity contribution is 0.00578. The Kier molecular flexibility index (Phi) is 2.48. The first-order valence-electron chi connectivity index (χ1n) is 5.75. The lowest BCUT2D eigenvalue weighted by Crippen LogP contribution is -2.41. The molecule has 1 N–H and O–H groups in total. The Labute approximate surface area is 97.7 Å². The minimum absolute atomic E-state index is 0.275. The molecular formula is C12H20BNO2. The Morgan fingerprint density at radius 2 is 1.56 bits per heavy atom. The number of rotatable bonds is 1. The third kappa shape index (κ3) is 1.70. The minimum atomic E-state index is -0.279.